The lowest BCUT2D eigenvalue weighted by Crippen LogP contribution is -2.14. The molecule has 4 rings (SSSR count). The van der Waals surface area contributed by atoms with Gasteiger partial charge in [-0.15, -0.1) is 0 Å². The van der Waals surface area contributed by atoms with Crippen LogP contribution in [0.2, 0.25) is 0 Å². The molecule has 1 amide bonds. The van der Waals surface area contributed by atoms with E-state index in [1.165, 1.54) is 6.07 Å². The first kappa shape index (κ1) is 18.5. The lowest BCUT2D eigenvalue weighted by molar-refractivity contribution is -0.115. The molecule has 5 nitrogen and oxygen atoms in total. The zero-order valence-corrected chi connectivity index (χ0v) is 15.1. The van der Waals surface area contributed by atoms with Crippen LogP contribution in [0.15, 0.2) is 77.6 Å². The lowest BCUT2D eigenvalue weighted by Gasteiger charge is -2.07. The molecule has 1 N–H and O–H groups in total. The van der Waals surface area contributed by atoms with Crippen LogP contribution in [-0.4, -0.2) is 16.0 Å². The number of rotatable bonds is 5. The summed E-state index contributed by atoms with van der Waals surface area (Å²) in [5.41, 5.74) is 2.57. The van der Waals surface area contributed by atoms with Crippen LogP contribution in [0.4, 0.5) is 14.7 Å². The van der Waals surface area contributed by atoms with Crippen molar-refractivity contribution in [3.63, 3.8) is 0 Å². The number of amides is 1. The minimum absolute atomic E-state index is 0.122. The van der Waals surface area contributed by atoms with Crippen molar-refractivity contribution in [3.05, 3.63) is 90.3 Å². The molecule has 0 aliphatic rings. The maximum atomic E-state index is 13.7. The van der Waals surface area contributed by atoms with E-state index in [9.17, 15) is 13.6 Å². The van der Waals surface area contributed by atoms with Gasteiger partial charge in [0.15, 0.2) is 11.6 Å². The van der Waals surface area contributed by atoms with E-state index in [4.69, 9.17) is 4.52 Å². The third-order valence-corrected chi connectivity index (χ3v) is 4.31. The standard InChI is InChI=1S/C22H15F2N3O2/c23-17-7-6-16(13-18(17)24)21-20(15-8-10-25-11-9-15)22(29-27-21)26-19(28)12-14-4-2-1-3-5-14/h1-11,13H,12H2,(H,26,28). The van der Waals surface area contributed by atoms with Crippen molar-refractivity contribution in [1.29, 1.82) is 0 Å². The largest absolute Gasteiger partial charge is 0.337 e. The van der Waals surface area contributed by atoms with Crippen molar-refractivity contribution in [1.82, 2.24) is 10.1 Å². The summed E-state index contributed by atoms with van der Waals surface area (Å²) in [6.07, 6.45) is 3.30. The van der Waals surface area contributed by atoms with E-state index in [-0.39, 0.29) is 23.9 Å². The Morgan fingerprint density at radius 2 is 1.69 bits per heavy atom. The van der Waals surface area contributed by atoms with Crippen LogP contribution in [0.25, 0.3) is 22.4 Å². The number of nitrogens with one attached hydrogen (secondary N) is 1. The number of pyridine rings is 1. The van der Waals surface area contributed by atoms with Crippen molar-refractivity contribution in [3.8, 4) is 22.4 Å². The van der Waals surface area contributed by atoms with Crippen LogP contribution in [0, 0.1) is 11.6 Å². The highest BCUT2D eigenvalue weighted by atomic mass is 19.2. The maximum Gasteiger partial charge on any atom is 0.239 e. The maximum absolute atomic E-state index is 13.7. The number of nitrogens with zero attached hydrogens (tertiary/aromatic N) is 2. The molecule has 0 aliphatic carbocycles. The molecule has 29 heavy (non-hydrogen) atoms. The number of halogens is 2. The summed E-state index contributed by atoms with van der Waals surface area (Å²) in [4.78, 5) is 16.5. The molecule has 0 atom stereocenters. The Morgan fingerprint density at radius 1 is 0.931 bits per heavy atom. The number of carbonyl (C=O) groups excluding carboxylic acids is 1. The molecule has 7 heteroatoms. The Labute approximate surface area is 165 Å². The molecule has 0 unspecified atom stereocenters. The van der Waals surface area contributed by atoms with Crippen LogP contribution < -0.4 is 5.32 Å². The predicted molar refractivity (Wildman–Crippen MR) is 104 cm³/mol. The summed E-state index contributed by atoms with van der Waals surface area (Å²) in [5, 5.41) is 6.71. The second kappa shape index (κ2) is 8.02. The van der Waals surface area contributed by atoms with Gasteiger partial charge in [-0.25, -0.2) is 8.78 Å². The zero-order chi connectivity index (χ0) is 20.2. The van der Waals surface area contributed by atoms with Gasteiger partial charge in [-0.2, -0.15) is 0 Å². The second-order valence-electron chi connectivity index (χ2n) is 6.31. The summed E-state index contributed by atoms with van der Waals surface area (Å²) in [5.74, 6) is -2.13. The lowest BCUT2D eigenvalue weighted by atomic mass is 10.0. The van der Waals surface area contributed by atoms with E-state index in [1.54, 1.807) is 24.5 Å². The van der Waals surface area contributed by atoms with Crippen LogP contribution >= 0.6 is 0 Å². The molecule has 0 saturated heterocycles. The zero-order valence-electron chi connectivity index (χ0n) is 15.1. The number of carbonyl (C=O) groups is 1. The topological polar surface area (TPSA) is 68.0 Å². The van der Waals surface area contributed by atoms with E-state index in [1.807, 2.05) is 30.3 Å². The highest BCUT2D eigenvalue weighted by Gasteiger charge is 2.22. The highest BCUT2D eigenvalue weighted by molar-refractivity contribution is 5.97. The van der Waals surface area contributed by atoms with Gasteiger partial charge in [-0.05, 0) is 41.5 Å². The minimum atomic E-state index is -0.999. The normalized spacial score (nSPS) is 10.7. The van der Waals surface area contributed by atoms with E-state index in [2.05, 4.69) is 15.5 Å². The molecule has 0 aliphatic heterocycles. The fourth-order valence-electron chi connectivity index (χ4n) is 2.95. The molecule has 2 heterocycles. The first-order valence-corrected chi connectivity index (χ1v) is 8.81. The molecule has 4 aromatic rings. The summed E-state index contributed by atoms with van der Waals surface area (Å²) in [6, 6.07) is 16.1. The van der Waals surface area contributed by atoms with Gasteiger partial charge < -0.3 is 4.52 Å². The molecule has 0 spiro atoms. The predicted octanol–water partition coefficient (Wildman–Crippen LogP) is 4.86. The quantitative estimate of drug-likeness (QED) is 0.527. The van der Waals surface area contributed by atoms with Gasteiger partial charge in [-0.3, -0.25) is 15.1 Å². The van der Waals surface area contributed by atoms with Gasteiger partial charge >= 0.3 is 0 Å². The van der Waals surface area contributed by atoms with Gasteiger partial charge in [0.25, 0.3) is 0 Å². The number of hydrogen-bond acceptors (Lipinski definition) is 4. The Balaban J connectivity index is 1.71. The molecule has 2 aromatic heterocycles. The van der Waals surface area contributed by atoms with E-state index in [0.29, 0.717) is 16.7 Å². The molecular weight excluding hydrogens is 376 g/mol. The highest BCUT2D eigenvalue weighted by Crippen LogP contribution is 2.38. The molecule has 0 bridgehead atoms. The number of anilines is 1. The Hall–Kier alpha value is -3.87. The third kappa shape index (κ3) is 4.03. The molecule has 144 valence electrons. The number of aromatic nitrogens is 2. The Bertz CT molecular complexity index is 1150. The SMILES string of the molecule is O=C(Cc1ccccc1)Nc1onc(-c2ccc(F)c(F)c2)c1-c1ccncc1. The summed E-state index contributed by atoms with van der Waals surface area (Å²) < 4.78 is 32.4. The van der Waals surface area contributed by atoms with Gasteiger partial charge in [0.1, 0.15) is 5.69 Å². The average molecular weight is 391 g/mol. The number of benzene rings is 2. The van der Waals surface area contributed by atoms with E-state index in [0.717, 1.165) is 17.7 Å². The van der Waals surface area contributed by atoms with Gasteiger partial charge in [0, 0.05) is 18.0 Å². The minimum Gasteiger partial charge on any atom is -0.337 e. The smallest absolute Gasteiger partial charge is 0.239 e. The van der Waals surface area contributed by atoms with Gasteiger partial charge in [0.05, 0.1) is 12.0 Å². The van der Waals surface area contributed by atoms with Crippen molar-refractivity contribution >= 4 is 11.8 Å². The Kier molecular flexibility index (Phi) is 5.11. The molecule has 2 aromatic carbocycles. The van der Waals surface area contributed by atoms with Gasteiger partial charge in [-0.1, -0.05) is 35.5 Å². The van der Waals surface area contributed by atoms with Crippen molar-refractivity contribution < 1.29 is 18.1 Å². The van der Waals surface area contributed by atoms with Crippen molar-refractivity contribution in [2.75, 3.05) is 5.32 Å². The number of hydrogen-bond donors (Lipinski definition) is 1. The average Bonchev–Trinajstić information content (AvgIpc) is 3.14. The fourth-order valence-corrected chi connectivity index (χ4v) is 2.95. The summed E-state index contributed by atoms with van der Waals surface area (Å²) in [7, 11) is 0. The van der Waals surface area contributed by atoms with Crippen LogP contribution in [-0.2, 0) is 11.2 Å². The first-order chi connectivity index (χ1) is 14.1. The summed E-state index contributed by atoms with van der Waals surface area (Å²) >= 11 is 0. The molecule has 0 radical (unpaired) electrons. The summed E-state index contributed by atoms with van der Waals surface area (Å²) in [6.45, 7) is 0. The van der Waals surface area contributed by atoms with Crippen LogP contribution in [0.3, 0.4) is 0 Å². The van der Waals surface area contributed by atoms with Crippen LogP contribution in [0.1, 0.15) is 5.56 Å². The molecular formula is C22H15F2N3O2. The molecule has 0 saturated carbocycles. The Morgan fingerprint density at radius 3 is 2.41 bits per heavy atom. The van der Waals surface area contributed by atoms with E-state index >= 15 is 0 Å². The second-order valence-corrected chi connectivity index (χ2v) is 6.31. The van der Waals surface area contributed by atoms with E-state index < -0.39 is 11.6 Å². The molecule has 0 fully saturated rings. The van der Waals surface area contributed by atoms with Crippen molar-refractivity contribution in [2.24, 2.45) is 0 Å². The monoisotopic (exact) mass is 391 g/mol. The van der Waals surface area contributed by atoms with Crippen LogP contribution in [0.5, 0.6) is 0 Å². The fraction of sp³-hybridized carbons (Fsp3) is 0.0455. The van der Waals surface area contributed by atoms with Crippen molar-refractivity contribution in [2.45, 2.75) is 6.42 Å². The third-order valence-electron chi connectivity index (χ3n) is 4.31. The first-order valence-electron chi connectivity index (χ1n) is 8.81. The van der Waals surface area contributed by atoms with Gasteiger partial charge in [0.2, 0.25) is 11.8 Å².